The Labute approximate surface area is 108 Å². The highest BCUT2D eigenvalue weighted by Crippen LogP contribution is 2.28. The van der Waals surface area contributed by atoms with E-state index in [1.807, 2.05) is 6.07 Å². The van der Waals surface area contributed by atoms with Crippen LogP contribution >= 0.6 is 15.9 Å². The van der Waals surface area contributed by atoms with Crippen LogP contribution in [0, 0.1) is 5.92 Å². The number of aromatic nitrogens is 3. The van der Waals surface area contributed by atoms with Gasteiger partial charge in [-0.25, -0.2) is 9.97 Å². The van der Waals surface area contributed by atoms with E-state index in [0.29, 0.717) is 5.95 Å². The standard InChI is InChI=1S/C12H15BrN4/c13-9-5-10-11(15-6-9)17(12(14)16-10)7-8-3-1-2-4-8/h5-6,8H,1-4,7H2,(H2,14,16). The van der Waals surface area contributed by atoms with Crippen molar-refractivity contribution in [3.63, 3.8) is 0 Å². The van der Waals surface area contributed by atoms with Gasteiger partial charge in [0.25, 0.3) is 0 Å². The molecule has 90 valence electrons. The average molecular weight is 295 g/mol. The summed E-state index contributed by atoms with van der Waals surface area (Å²) in [6.07, 6.45) is 7.09. The molecule has 1 fully saturated rings. The first-order valence-electron chi connectivity index (χ1n) is 6.01. The van der Waals surface area contributed by atoms with Gasteiger partial charge in [0.15, 0.2) is 5.65 Å². The van der Waals surface area contributed by atoms with Gasteiger partial charge in [0.2, 0.25) is 5.95 Å². The van der Waals surface area contributed by atoms with E-state index in [9.17, 15) is 0 Å². The maximum absolute atomic E-state index is 5.98. The Hall–Kier alpha value is -1.10. The number of pyridine rings is 1. The maximum Gasteiger partial charge on any atom is 0.202 e. The summed E-state index contributed by atoms with van der Waals surface area (Å²) in [5.74, 6) is 1.32. The number of imidazole rings is 1. The first-order valence-corrected chi connectivity index (χ1v) is 6.80. The smallest absolute Gasteiger partial charge is 0.202 e. The predicted octanol–water partition coefficient (Wildman–Crippen LogP) is 2.97. The van der Waals surface area contributed by atoms with Crippen molar-refractivity contribution in [2.45, 2.75) is 32.2 Å². The summed E-state index contributed by atoms with van der Waals surface area (Å²) in [5.41, 5.74) is 7.75. The molecule has 0 unspecified atom stereocenters. The van der Waals surface area contributed by atoms with Gasteiger partial charge in [-0.15, -0.1) is 0 Å². The van der Waals surface area contributed by atoms with Crippen LogP contribution in [-0.2, 0) is 6.54 Å². The molecule has 2 heterocycles. The number of hydrogen-bond donors (Lipinski definition) is 1. The van der Waals surface area contributed by atoms with Crippen LogP contribution in [0.4, 0.5) is 5.95 Å². The SMILES string of the molecule is Nc1nc2cc(Br)cnc2n1CC1CCCC1. The molecule has 0 amide bonds. The molecule has 5 heteroatoms. The van der Waals surface area contributed by atoms with E-state index in [1.165, 1.54) is 25.7 Å². The molecule has 4 nitrogen and oxygen atoms in total. The van der Waals surface area contributed by atoms with Crippen molar-refractivity contribution in [2.75, 3.05) is 5.73 Å². The Balaban J connectivity index is 1.99. The molecule has 1 aliphatic rings. The minimum absolute atomic E-state index is 0.581. The molecule has 0 radical (unpaired) electrons. The lowest BCUT2D eigenvalue weighted by Crippen LogP contribution is -2.10. The van der Waals surface area contributed by atoms with Gasteiger partial charge in [-0.1, -0.05) is 12.8 Å². The van der Waals surface area contributed by atoms with Gasteiger partial charge in [-0.05, 0) is 40.8 Å². The lowest BCUT2D eigenvalue weighted by atomic mass is 10.1. The van der Waals surface area contributed by atoms with Crippen LogP contribution in [0.1, 0.15) is 25.7 Å². The summed E-state index contributed by atoms with van der Waals surface area (Å²) in [5, 5.41) is 0. The summed E-state index contributed by atoms with van der Waals surface area (Å²) in [7, 11) is 0. The van der Waals surface area contributed by atoms with Crippen molar-refractivity contribution in [3.8, 4) is 0 Å². The maximum atomic E-state index is 5.98. The third-order valence-electron chi connectivity index (χ3n) is 3.50. The van der Waals surface area contributed by atoms with E-state index in [2.05, 4.69) is 30.5 Å². The number of fused-ring (bicyclic) bond motifs is 1. The Kier molecular flexibility index (Phi) is 2.78. The van der Waals surface area contributed by atoms with E-state index in [4.69, 9.17) is 5.73 Å². The number of halogens is 1. The summed E-state index contributed by atoms with van der Waals surface area (Å²) < 4.78 is 2.99. The Morgan fingerprint density at radius 2 is 2.18 bits per heavy atom. The number of hydrogen-bond acceptors (Lipinski definition) is 3. The van der Waals surface area contributed by atoms with Crippen LogP contribution in [0.25, 0.3) is 11.2 Å². The third-order valence-corrected chi connectivity index (χ3v) is 3.93. The zero-order valence-electron chi connectivity index (χ0n) is 9.56. The van der Waals surface area contributed by atoms with Crippen molar-refractivity contribution >= 4 is 33.0 Å². The van der Waals surface area contributed by atoms with Crippen LogP contribution in [0.3, 0.4) is 0 Å². The highest BCUT2D eigenvalue weighted by atomic mass is 79.9. The first kappa shape index (κ1) is 11.0. The summed E-state index contributed by atoms with van der Waals surface area (Å²) in [4.78, 5) is 8.78. The lowest BCUT2D eigenvalue weighted by molar-refractivity contribution is 0.466. The van der Waals surface area contributed by atoms with Crippen LogP contribution in [0.2, 0.25) is 0 Å². The van der Waals surface area contributed by atoms with Crippen LogP contribution < -0.4 is 5.73 Å². The molecule has 0 spiro atoms. The largest absolute Gasteiger partial charge is 0.369 e. The molecule has 2 aromatic heterocycles. The second kappa shape index (κ2) is 4.29. The van der Waals surface area contributed by atoms with Crippen molar-refractivity contribution in [2.24, 2.45) is 5.92 Å². The van der Waals surface area contributed by atoms with Crippen LogP contribution in [0.5, 0.6) is 0 Å². The van der Waals surface area contributed by atoms with Crippen molar-refractivity contribution in [1.29, 1.82) is 0 Å². The van der Waals surface area contributed by atoms with Gasteiger partial charge < -0.3 is 5.73 Å². The van der Waals surface area contributed by atoms with Crippen molar-refractivity contribution in [1.82, 2.24) is 14.5 Å². The van der Waals surface area contributed by atoms with Crippen molar-refractivity contribution in [3.05, 3.63) is 16.7 Å². The van der Waals surface area contributed by atoms with E-state index in [1.54, 1.807) is 6.20 Å². The number of nitrogen functional groups attached to an aromatic ring is 1. The lowest BCUT2D eigenvalue weighted by Gasteiger charge is -2.11. The van der Waals surface area contributed by atoms with E-state index >= 15 is 0 Å². The van der Waals surface area contributed by atoms with Gasteiger partial charge in [-0.2, -0.15) is 0 Å². The summed E-state index contributed by atoms with van der Waals surface area (Å²) in [6, 6.07) is 1.96. The number of rotatable bonds is 2. The van der Waals surface area contributed by atoms with Gasteiger partial charge in [0, 0.05) is 17.2 Å². The minimum Gasteiger partial charge on any atom is -0.369 e. The first-order chi connectivity index (χ1) is 8.24. The molecule has 0 atom stereocenters. The monoisotopic (exact) mass is 294 g/mol. The Bertz CT molecular complexity index is 543. The fraction of sp³-hybridized carbons (Fsp3) is 0.500. The normalized spacial score (nSPS) is 17.0. The molecular weight excluding hydrogens is 280 g/mol. The van der Waals surface area contributed by atoms with Gasteiger partial charge in [0.1, 0.15) is 5.52 Å². The molecule has 0 bridgehead atoms. The molecule has 2 aromatic rings. The van der Waals surface area contributed by atoms with Crippen LogP contribution in [-0.4, -0.2) is 14.5 Å². The Morgan fingerprint density at radius 1 is 1.41 bits per heavy atom. The second-order valence-electron chi connectivity index (χ2n) is 4.73. The molecule has 17 heavy (non-hydrogen) atoms. The fourth-order valence-electron chi connectivity index (χ4n) is 2.64. The molecule has 2 N–H and O–H groups in total. The van der Waals surface area contributed by atoms with E-state index < -0.39 is 0 Å². The van der Waals surface area contributed by atoms with Crippen LogP contribution in [0.15, 0.2) is 16.7 Å². The zero-order chi connectivity index (χ0) is 11.8. The van der Waals surface area contributed by atoms with Gasteiger partial charge in [-0.3, -0.25) is 4.57 Å². The molecule has 0 aromatic carbocycles. The zero-order valence-corrected chi connectivity index (χ0v) is 11.2. The molecule has 1 saturated carbocycles. The molecule has 3 rings (SSSR count). The van der Waals surface area contributed by atoms with Crippen molar-refractivity contribution < 1.29 is 0 Å². The predicted molar refractivity (Wildman–Crippen MR) is 71.6 cm³/mol. The number of nitrogens with zero attached hydrogens (tertiary/aromatic N) is 3. The average Bonchev–Trinajstić information content (AvgIpc) is 2.88. The molecule has 1 aliphatic carbocycles. The summed E-state index contributed by atoms with van der Waals surface area (Å²) in [6.45, 7) is 0.955. The number of anilines is 1. The fourth-order valence-corrected chi connectivity index (χ4v) is 2.95. The molecule has 0 aliphatic heterocycles. The molecular formula is C12H15BrN4. The second-order valence-corrected chi connectivity index (χ2v) is 5.64. The van der Waals surface area contributed by atoms with E-state index in [0.717, 1.165) is 28.1 Å². The minimum atomic E-state index is 0.581. The van der Waals surface area contributed by atoms with Gasteiger partial charge in [0.05, 0.1) is 0 Å². The summed E-state index contributed by atoms with van der Waals surface area (Å²) >= 11 is 3.40. The quantitative estimate of drug-likeness (QED) is 0.926. The molecule has 0 saturated heterocycles. The number of nitrogens with two attached hydrogens (primary N) is 1. The van der Waals surface area contributed by atoms with E-state index in [-0.39, 0.29) is 0 Å². The third kappa shape index (κ3) is 2.04. The van der Waals surface area contributed by atoms with Gasteiger partial charge >= 0.3 is 0 Å². The highest BCUT2D eigenvalue weighted by Gasteiger charge is 2.18. The topological polar surface area (TPSA) is 56.7 Å². The highest BCUT2D eigenvalue weighted by molar-refractivity contribution is 9.10. The Morgan fingerprint density at radius 3 is 2.94 bits per heavy atom.